The highest BCUT2D eigenvalue weighted by molar-refractivity contribution is 8.03. The zero-order valence-electron chi connectivity index (χ0n) is 11.5. The lowest BCUT2D eigenvalue weighted by Gasteiger charge is -2.07. The van der Waals surface area contributed by atoms with Gasteiger partial charge in [-0.15, -0.1) is 5.10 Å². The number of halogens is 1. The second-order valence-corrected chi connectivity index (χ2v) is 5.80. The Morgan fingerprint density at radius 1 is 1.09 bits per heavy atom. The molecule has 0 bridgehead atoms. The van der Waals surface area contributed by atoms with Crippen LogP contribution >= 0.6 is 23.4 Å². The van der Waals surface area contributed by atoms with Crippen molar-refractivity contribution in [3.8, 4) is 16.7 Å². The molecular formula is C16H11ClN4S. The van der Waals surface area contributed by atoms with Gasteiger partial charge in [0.2, 0.25) is 0 Å². The molecule has 108 valence electrons. The van der Waals surface area contributed by atoms with Gasteiger partial charge in [-0.25, -0.2) is 4.68 Å². The minimum absolute atomic E-state index is 0.570. The van der Waals surface area contributed by atoms with Gasteiger partial charge < -0.3 is 0 Å². The van der Waals surface area contributed by atoms with Crippen LogP contribution in [0.25, 0.3) is 11.3 Å². The molecule has 0 saturated carbocycles. The molecule has 0 amide bonds. The topological polar surface area (TPSA) is 54.5 Å². The van der Waals surface area contributed by atoms with Crippen LogP contribution in [0.3, 0.4) is 0 Å². The highest BCUT2D eigenvalue weighted by Crippen LogP contribution is 2.29. The van der Waals surface area contributed by atoms with Crippen molar-refractivity contribution in [3.05, 3.63) is 65.2 Å². The van der Waals surface area contributed by atoms with Crippen molar-refractivity contribution in [1.29, 1.82) is 5.26 Å². The molecule has 6 heteroatoms. The average Bonchev–Trinajstić information content (AvgIpc) is 2.93. The Bertz CT molecular complexity index is 806. The number of aromatic nitrogens is 3. The fourth-order valence-electron chi connectivity index (χ4n) is 2.15. The molecule has 22 heavy (non-hydrogen) atoms. The van der Waals surface area contributed by atoms with Crippen molar-refractivity contribution in [1.82, 2.24) is 15.0 Å². The predicted octanol–water partition coefficient (Wildman–Crippen LogP) is 4.22. The van der Waals surface area contributed by atoms with E-state index in [2.05, 4.69) is 15.7 Å². The highest BCUT2D eigenvalue weighted by Gasteiger charge is 2.15. The Morgan fingerprint density at radius 2 is 1.82 bits per heavy atom. The van der Waals surface area contributed by atoms with Crippen LogP contribution in [0.2, 0.25) is 5.02 Å². The van der Waals surface area contributed by atoms with E-state index in [1.807, 2.05) is 54.6 Å². The summed E-state index contributed by atoms with van der Waals surface area (Å²) in [5, 5.41) is 20.6. The van der Waals surface area contributed by atoms with Crippen molar-refractivity contribution >= 4 is 23.4 Å². The Labute approximate surface area is 137 Å². The SMILES string of the molecule is N#CSc1nnn(Cc2ccc(Cl)cc2)c1-c1ccccc1. The summed E-state index contributed by atoms with van der Waals surface area (Å²) in [4.78, 5) is 0. The number of hydrogen-bond acceptors (Lipinski definition) is 4. The van der Waals surface area contributed by atoms with Crippen LogP contribution in [-0.4, -0.2) is 15.0 Å². The summed E-state index contributed by atoms with van der Waals surface area (Å²) in [6.45, 7) is 0.570. The summed E-state index contributed by atoms with van der Waals surface area (Å²) in [5.41, 5.74) is 2.90. The molecule has 1 aromatic heterocycles. The van der Waals surface area contributed by atoms with Gasteiger partial charge in [-0.2, -0.15) is 5.26 Å². The molecule has 0 unspecified atom stereocenters. The quantitative estimate of drug-likeness (QED) is 0.532. The molecule has 4 nitrogen and oxygen atoms in total. The van der Waals surface area contributed by atoms with Gasteiger partial charge in [-0.05, 0) is 17.7 Å². The molecule has 0 N–H and O–H groups in total. The Balaban J connectivity index is 2.01. The predicted molar refractivity (Wildman–Crippen MR) is 87.5 cm³/mol. The van der Waals surface area contributed by atoms with Crippen molar-refractivity contribution in [2.45, 2.75) is 11.6 Å². The Morgan fingerprint density at radius 3 is 2.50 bits per heavy atom. The molecule has 3 rings (SSSR count). The van der Waals surface area contributed by atoms with Gasteiger partial charge >= 0.3 is 0 Å². The summed E-state index contributed by atoms with van der Waals surface area (Å²) in [5.74, 6) is 0. The van der Waals surface area contributed by atoms with E-state index >= 15 is 0 Å². The number of nitrogens with zero attached hydrogens (tertiary/aromatic N) is 4. The first kappa shape index (κ1) is 14.6. The van der Waals surface area contributed by atoms with Crippen LogP contribution in [-0.2, 0) is 6.54 Å². The number of hydrogen-bond donors (Lipinski definition) is 0. The summed E-state index contributed by atoms with van der Waals surface area (Å²) in [6.07, 6.45) is 0. The minimum Gasteiger partial charge on any atom is -0.239 e. The van der Waals surface area contributed by atoms with E-state index in [4.69, 9.17) is 16.9 Å². The van der Waals surface area contributed by atoms with Crippen molar-refractivity contribution in [2.75, 3.05) is 0 Å². The molecule has 0 aliphatic heterocycles. The van der Waals surface area contributed by atoms with E-state index in [0.29, 0.717) is 16.6 Å². The first-order valence-corrected chi connectivity index (χ1v) is 7.76. The molecule has 0 aliphatic carbocycles. The Kier molecular flexibility index (Phi) is 4.42. The van der Waals surface area contributed by atoms with Gasteiger partial charge in [0, 0.05) is 22.3 Å². The normalized spacial score (nSPS) is 10.4. The number of thiocyanates is 1. The third-order valence-electron chi connectivity index (χ3n) is 3.14. The first-order valence-electron chi connectivity index (χ1n) is 6.57. The largest absolute Gasteiger partial charge is 0.239 e. The average molecular weight is 327 g/mol. The van der Waals surface area contributed by atoms with Gasteiger partial charge in [-0.3, -0.25) is 0 Å². The number of rotatable bonds is 4. The van der Waals surface area contributed by atoms with E-state index < -0.39 is 0 Å². The van der Waals surface area contributed by atoms with Crippen LogP contribution in [0.4, 0.5) is 0 Å². The summed E-state index contributed by atoms with van der Waals surface area (Å²) in [6, 6.07) is 17.4. The molecule has 3 aromatic rings. The summed E-state index contributed by atoms with van der Waals surface area (Å²) in [7, 11) is 0. The standard InChI is InChI=1S/C16H11ClN4S/c17-14-8-6-12(7-9-14)10-21-15(13-4-2-1-3-5-13)16(19-20-21)22-11-18/h1-9H,10H2. The lowest BCUT2D eigenvalue weighted by molar-refractivity contribution is 0.654. The lowest BCUT2D eigenvalue weighted by atomic mass is 10.1. The second-order valence-electron chi connectivity index (χ2n) is 4.59. The molecule has 0 saturated heterocycles. The molecule has 1 heterocycles. The third kappa shape index (κ3) is 3.14. The highest BCUT2D eigenvalue weighted by atomic mass is 35.5. The molecule has 0 aliphatic rings. The Hall–Kier alpha value is -2.29. The molecule has 0 atom stereocenters. The van der Waals surface area contributed by atoms with Crippen molar-refractivity contribution in [2.24, 2.45) is 0 Å². The van der Waals surface area contributed by atoms with E-state index in [-0.39, 0.29) is 0 Å². The molecule has 0 radical (unpaired) electrons. The lowest BCUT2D eigenvalue weighted by Crippen LogP contribution is -2.04. The molecule has 0 fully saturated rings. The number of nitriles is 1. The van der Waals surface area contributed by atoms with Crippen LogP contribution in [0.5, 0.6) is 0 Å². The minimum atomic E-state index is 0.570. The third-order valence-corrected chi connectivity index (χ3v) is 3.95. The van der Waals surface area contributed by atoms with Gasteiger partial charge in [0.25, 0.3) is 0 Å². The molecule has 2 aromatic carbocycles. The smallest absolute Gasteiger partial charge is 0.161 e. The van der Waals surface area contributed by atoms with Crippen LogP contribution in [0.15, 0.2) is 59.6 Å². The number of benzene rings is 2. The van der Waals surface area contributed by atoms with Crippen LogP contribution in [0, 0.1) is 10.7 Å². The maximum absolute atomic E-state index is 8.94. The summed E-state index contributed by atoms with van der Waals surface area (Å²) >= 11 is 6.93. The van der Waals surface area contributed by atoms with E-state index in [1.54, 1.807) is 4.68 Å². The fraction of sp³-hybridized carbons (Fsp3) is 0.0625. The monoisotopic (exact) mass is 326 g/mol. The molecular weight excluding hydrogens is 316 g/mol. The second kappa shape index (κ2) is 6.65. The maximum atomic E-state index is 8.94. The van der Waals surface area contributed by atoms with E-state index in [1.165, 1.54) is 0 Å². The van der Waals surface area contributed by atoms with Gasteiger partial charge in [0.15, 0.2) is 5.03 Å². The summed E-state index contributed by atoms with van der Waals surface area (Å²) < 4.78 is 1.80. The molecule has 0 spiro atoms. The van der Waals surface area contributed by atoms with Crippen molar-refractivity contribution in [3.63, 3.8) is 0 Å². The van der Waals surface area contributed by atoms with Crippen LogP contribution in [0.1, 0.15) is 5.56 Å². The fourth-order valence-corrected chi connectivity index (χ4v) is 2.76. The zero-order chi connectivity index (χ0) is 15.4. The maximum Gasteiger partial charge on any atom is 0.161 e. The van der Waals surface area contributed by atoms with Gasteiger partial charge in [-0.1, -0.05) is 59.3 Å². The first-order chi connectivity index (χ1) is 10.8. The van der Waals surface area contributed by atoms with E-state index in [0.717, 1.165) is 28.6 Å². The zero-order valence-corrected chi connectivity index (χ0v) is 13.1. The van der Waals surface area contributed by atoms with Gasteiger partial charge in [0.05, 0.1) is 6.54 Å². The van der Waals surface area contributed by atoms with E-state index in [9.17, 15) is 0 Å². The van der Waals surface area contributed by atoms with Crippen molar-refractivity contribution < 1.29 is 0 Å². The van der Waals surface area contributed by atoms with Crippen LogP contribution < -0.4 is 0 Å². The van der Waals surface area contributed by atoms with Gasteiger partial charge in [0.1, 0.15) is 11.1 Å². The number of thioether (sulfide) groups is 1.